The minimum Gasteiger partial charge on any atom is -0.465 e. The van der Waals surface area contributed by atoms with Gasteiger partial charge < -0.3 is 18.9 Å². The summed E-state index contributed by atoms with van der Waals surface area (Å²) in [6.45, 7) is 9.86. The molecule has 0 fully saturated rings. The van der Waals surface area contributed by atoms with E-state index in [1.54, 1.807) is 14.2 Å². The Kier molecular flexibility index (Phi) is 14.2. The number of carbonyl (C=O) groups is 2. The van der Waals surface area contributed by atoms with Crippen LogP contribution in [0.3, 0.4) is 0 Å². The Morgan fingerprint density at radius 2 is 1.04 bits per heavy atom. The molecule has 2 atom stereocenters. The zero-order valence-electron chi connectivity index (χ0n) is 18.2. The minimum absolute atomic E-state index is 0.312. The Morgan fingerprint density at radius 1 is 0.704 bits per heavy atom. The van der Waals surface area contributed by atoms with E-state index in [1.807, 2.05) is 13.8 Å². The quantitative estimate of drug-likeness (QED) is 0.294. The highest BCUT2D eigenvalue weighted by Gasteiger charge is 2.45. The number of carbonyl (C=O) groups excluding carboxylic acids is 2. The lowest BCUT2D eigenvalue weighted by Gasteiger charge is -2.27. The second-order valence-electron chi connectivity index (χ2n) is 7.41. The van der Waals surface area contributed by atoms with Crippen molar-refractivity contribution in [2.45, 2.75) is 66.2 Å². The van der Waals surface area contributed by atoms with Crippen LogP contribution in [0.4, 0.5) is 0 Å². The van der Waals surface area contributed by atoms with Crippen LogP contribution in [-0.2, 0) is 28.5 Å². The van der Waals surface area contributed by atoms with Crippen LogP contribution >= 0.6 is 0 Å². The molecule has 2 unspecified atom stereocenters. The van der Waals surface area contributed by atoms with E-state index >= 15 is 0 Å². The van der Waals surface area contributed by atoms with Crippen molar-refractivity contribution >= 4 is 11.9 Å². The molecule has 0 N–H and O–H groups in total. The molecule has 0 bridgehead atoms. The van der Waals surface area contributed by atoms with Gasteiger partial charge in [0.15, 0.2) is 5.41 Å². The first-order chi connectivity index (χ1) is 12.9. The van der Waals surface area contributed by atoms with Gasteiger partial charge in [0, 0.05) is 27.4 Å². The summed E-state index contributed by atoms with van der Waals surface area (Å²) in [4.78, 5) is 25.3. The number of hydrogen-bond acceptors (Lipinski definition) is 6. The summed E-state index contributed by atoms with van der Waals surface area (Å²) < 4.78 is 21.0. The van der Waals surface area contributed by atoms with Crippen molar-refractivity contribution in [1.29, 1.82) is 0 Å². The van der Waals surface area contributed by atoms with Gasteiger partial charge >= 0.3 is 11.9 Å². The van der Waals surface area contributed by atoms with Crippen molar-refractivity contribution < 1.29 is 28.5 Å². The first-order valence-electron chi connectivity index (χ1n) is 10.2. The fourth-order valence-electron chi connectivity index (χ4n) is 2.82. The van der Waals surface area contributed by atoms with E-state index in [0.717, 1.165) is 25.7 Å². The summed E-state index contributed by atoms with van der Waals surface area (Å²) in [7, 11) is 3.35. The maximum atomic E-state index is 12.6. The molecule has 27 heavy (non-hydrogen) atoms. The topological polar surface area (TPSA) is 71.1 Å². The van der Waals surface area contributed by atoms with E-state index in [0.29, 0.717) is 51.1 Å². The predicted molar refractivity (Wildman–Crippen MR) is 105 cm³/mol. The maximum Gasteiger partial charge on any atom is 0.323 e. The van der Waals surface area contributed by atoms with Crippen LogP contribution < -0.4 is 0 Å². The van der Waals surface area contributed by atoms with Crippen molar-refractivity contribution in [3.8, 4) is 0 Å². The van der Waals surface area contributed by atoms with Crippen LogP contribution in [0.5, 0.6) is 0 Å². The van der Waals surface area contributed by atoms with Gasteiger partial charge in [-0.3, -0.25) is 9.59 Å². The molecular weight excluding hydrogens is 348 g/mol. The SMILES string of the molecule is CCC(CC)(C(=O)OCCC(C)CCOC)C(=O)OCCC(C)CCOC. The van der Waals surface area contributed by atoms with Crippen molar-refractivity contribution in [2.75, 3.05) is 40.6 Å². The molecule has 0 rings (SSSR count). The summed E-state index contributed by atoms with van der Waals surface area (Å²) in [6.07, 6.45) is 4.10. The number of esters is 2. The normalized spacial score (nSPS) is 13.9. The number of rotatable bonds is 16. The zero-order valence-corrected chi connectivity index (χ0v) is 18.2. The lowest BCUT2D eigenvalue weighted by molar-refractivity contribution is -0.173. The van der Waals surface area contributed by atoms with Gasteiger partial charge in [0.2, 0.25) is 0 Å². The Bertz CT molecular complexity index is 371. The number of methoxy groups -OCH3 is 2. The highest BCUT2D eigenvalue weighted by Crippen LogP contribution is 2.30. The molecule has 6 heteroatoms. The van der Waals surface area contributed by atoms with Crippen molar-refractivity contribution in [2.24, 2.45) is 17.3 Å². The number of hydrogen-bond donors (Lipinski definition) is 0. The molecule has 0 radical (unpaired) electrons. The first-order valence-corrected chi connectivity index (χ1v) is 10.2. The van der Waals surface area contributed by atoms with Crippen LogP contribution in [-0.4, -0.2) is 52.6 Å². The van der Waals surface area contributed by atoms with Crippen LogP contribution in [0, 0.1) is 17.3 Å². The summed E-state index contributed by atoms with van der Waals surface area (Å²) >= 11 is 0. The van der Waals surface area contributed by atoms with Crippen LogP contribution in [0.2, 0.25) is 0 Å². The van der Waals surface area contributed by atoms with Gasteiger partial charge in [-0.15, -0.1) is 0 Å². The summed E-state index contributed by atoms with van der Waals surface area (Å²) in [6, 6.07) is 0. The maximum absolute atomic E-state index is 12.6. The van der Waals surface area contributed by atoms with E-state index < -0.39 is 17.4 Å². The highest BCUT2D eigenvalue weighted by atomic mass is 16.6. The van der Waals surface area contributed by atoms with E-state index in [4.69, 9.17) is 18.9 Å². The van der Waals surface area contributed by atoms with Crippen LogP contribution in [0.1, 0.15) is 66.2 Å². The van der Waals surface area contributed by atoms with E-state index in [9.17, 15) is 9.59 Å². The van der Waals surface area contributed by atoms with Gasteiger partial charge in [0.1, 0.15) is 0 Å². The summed E-state index contributed by atoms with van der Waals surface area (Å²) in [5, 5.41) is 0. The van der Waals surface area contributed by atoms with Gasteiger partial charge in [-0.05, 0) is 50.4 Å². The van der Waals surface area contributed by atoms with Gasteiger partial charge in [-0.2, -0.15) is 0 Å². The summed E-state index contributed by atoms with van der Waals surface area (Å²) in [5.74, 6) is -0.139. The molecule has 0 aromatic heterocycles. The van der Waals surface area contributed by atoms with Crippen molar-refractivity contribution in [3.05, 3.63) is 0 Å². The average molecular weight is 389 g/mol. The number of ether oxygens (including phenoxy) is 4. The van der Waals surface area contributed by atoms with E-state index in [2.05, 4.69) is 13.8 Å². The smallest absolute Gasteiger partial charge is 0.323 e. The van der Waals surface area contributed by atoms with Crippen LogP contribution in [0.25, 0.3) is 0 Å². The van der Waals surface area contributed by atoms with Gasteiger partial charge in [-0.25, -0.2) is 0 Å². The molecular formula is C21H40O6. The van der Waals surface area contributed by atoms with Crippen molar-refractivity contribution in [3.63, 3.8) is 0 Å². The van der Waals surface area contributed by atoms with E-state index in [-0.39, 0.29) is 0 Å². The van der Waals surface area contributed by atoms with Gasteiger partial charge in [0.25, 0.3) is 0 Å². The standard InChI is InChI=1S/C21H40O6/c1-7-21(8-2,19(22)26-15-11-17(3)9-13-24-5)20(23)27-16-12-18(4)10-14-25-6/h17-18H,7-16H2,1-6H3. The predicted octanol–water partition coefficient (Wildman–Crippen LogP) is 4.00. The minimum atomic E-state index is -1.20. The van der Waals surface area contributed by atoms with Gasteiger partial charge in [0.05, 0.1) is 13.2 Å². The highest BCUT2D eigenvalue weighted by molar-refractivity contribution is 5.99. The third-order valence-corrected chi connectivity index (χ3v) is 5.31. The molecule has 0 aromatic carbocycles. The molecule has 0 aliphatic rings. The Hall–Kier alpha value is -1.14. The molecule has 0 aromatic rings. The third-order valence-electron chi connectivity index (χ3n) is 5.31. The zero-order chi connectivity index (χ0) is 20.7. The van der Waals surface area contributed by atoms with Crippen molar-refractivity contribution in [1.82, 2.24) is 0 Å². The second-order valence-corrected chi connectivity index (χ2v) is 7.41. The molecule has 0 amide bonds. The Balaban J connectivity index is 4.52. The van der Waals surface area contributed by atoms with Gasteiger partial charge in [-0.1, -0.05) is 27.7 Å². The molecule has 0 saturated heterocycles. The largest absolute Gasteiger partial charge is 0.465 e. The Morgan fingerprint density at radius 3 is 1.33 bits per heavy atom. The molecule has 0 aliphatic carbocycles. The molecule has 0 aliphatic heterocycles. The molecule has 0 heterocycles. The molecule has 0 saturated carbocycles. The summed E-state index contributed by atoms with van der Waals surface area (Å²) in [5.41, 5.74) is -1.20. The third kappa shape index (κ3) is 9.56. The Labute approximate surface area is 165 Å². The average Bonchev–Trinajstić information content (AvgIpc) is 2.66. The lowest BCUT2D eigenvalue weighted by Crippen LogP contribution is -2.41. The fourth-order valence-corrected chi connectivity index (χ4v) is 2.82. The molecule has 6 nitrogen and oxygen atoms in total. The second kappa shape index (κ2) is 14.9. The lowest BCUT2D eigenvalue weighted by atomic mass is 9.82. The molecule has 0 spiro atoms. The fraction of sp³-hybridized carbons (Fsp3) is 0.905. The monoisotopic (exact) mass is 388 g/mol. The molecule has 160 valence electrons. The van der Waals surface area contributed by atoms with E-state index in [1.165, 1.54) is 0 Å². The first kappa shape index (κ1) is 25.9. The van der Waals surface area contributed by atoms with Crippen LogP contribution in [0.15, 0.2) is 0 Å².